The second-order valence-corrected chi connectivity index (χ2v) is 8.52. The van der Waals surface area contributed by atoms with Crippen molar-refractivity contribution < 1.29 is 0 Å². The number of hydrogen-bond donors (Lipinski definition) is 1. The largest absolute Gasteiger partial charge is 0.368 e. The Morgan fingerprint density at radius 3 is 2.77 bits per heavy atom. The number of fused-ring (bicyclic) bond motifs is 4. The maximum atomic E-state index is 9.46. The van der Waals surface area contributed by atoms with Gasteiger partial charge in [-0.05, 0) is 35.9 Å². The summed E-state index contributed by atoms with van der Waals surface area (Å²) >= 11 is 0. The maximum absolute atomic E-state index is 9.46. The molecule has 2 saturated heterocycles. The minimum atomic E-state index is 0.357. The molecule has 0 aliphatic carbocycles. The highest BCUT2D eigenvalue weighted by Crippen LogP contribution is 2.39. The number of anilines is 2. The van der Waals surface area contributed by atoms with E-state index in [1.807, 2.05) is 12.1 Å². The number of hydrogen-bond acceptors (Lipinski definition) is 7. The van der Waals surface area contributed by atoms with Crippen molar-refractivity contribution in [3.05, 3.63) is 59.4 Å². The highest BCUT2D eigenvalue weighted by Gasteiger charge is 2.36. The first-order chi connectivity index (χ1) is 15.3. The van der Waals surface area contributed by atoms with E-state index in [0.717, 1.165) is 69.1 Å². The number of benzene rings is 1. The van der Waals surface area contributed by atoms with Gasteiger partial charge in [-0.15, -0.1) is 0 Å². The van der Waals surface area contributed by atoms with E-state index in [0.29, 0.717) is 11.6 Å². The smallest absolute Gasteiger partial charge is 0.128 e. The quantitative estimate of drug-likeness (QED) is 0.694. The summed E-state index contributed by atoms with van der Waals surface area (Å²) in [5, 5.41) is 13.9. The van der Waals surface area contributed by atoms with Crippen LogP contribution in [0.25, 0.3) is 10.9 Å². The molecule has 2 aromatic heterocycles. The van der Waals surface area contributed by atoms with Gasteiger partial charge in [-0.2, -0.15) is 5.26 Å². The van der Waals surface area contributed by atoms with Crippen LogP contribution in [0.15, 0.2) is 42.6 Å². The van der Waals surface area contributed by atoms with Crippen LogP contribution in [0.5, 0.6) is 0 Å². The third-order valence-corrected chi connectivity index (χ3v) is 6.85. The molecule has 2 fully saturated rings. The van der Waals surface area contributed by atoms with Crippen molar-refractivity contribution in [2.75, 3.05) is 55.6 Å². The Bertz CT molecular complexity index is 1180. The Balaban J connectivity index is 1.30. The molecule has 6 rings (SSSR count). The monoisotopic (exact) mass is 411 g/mol. The van der Waals surface area contributed by atoms with Crippen LogP contribution in [-0.4, -0.2) is 60.7 Å². The standard InChI is InChI=1S/C24H25N7/c25-14-17-3-5-21(19-2-1-7-27-24(17)19)31-13-12-30-15-20-18(22(30)16-31)4-6-23(28-20)29-10-8-26-9-11-29/h1-7,22,26H,8-13,15-16H2/t22-/m0/s1. The number of nitriles is 1. The first-order valence-electron chi connectivity index (χ1n) is 11.0. The van der Waals surface area contributed by atoms with Gasteiger partial charge in [0.2, 0.25) is 0 Å². The summed E-state index contributed by atoms with van der Waals surface area (Å²) in [6.45, 7) is 7.92. The molecule has 3 aliphatic rings. The molecular formula is C24H25N7. The van der Waals surface area contributed by atoms with E-state index >= 15 is 0 Å². The molecule has 0 saturated carbocycles. The van der Waals surface area contributed by atoms with Crippen molar-refractivity contribution in [2.45, 2.75) is 12.6 Å². The third-order valence-electron chi connectivity index (χ3n) is 6.85. The van der Waals surface area contributed by atoms with E-state index in [9.17, 15) is 5.26 Å². The topological polar surface area (TPSA) is 71.3 Å². The van der Waals surface area contributed by atoms with Gasteiger partial charge in [0.25, 0.3) is 0 Å². The average molecular weight is 412 g/mol. The molecular weight excluding hydrogens is 386 g/mol. The Morgan fingerprint density at radius 1 is 1.00 bits per heavy atom. The highest BCUT2D eigenvalue weighted by molar-refractivity contribution is 5.95. The summed E-state index contributed by atoms with van der Waals surface area (Å²) in [6.07, 6.45) is 1.76. The Labute approximate surface area is 181 Å². The van der Waals surface area contributed by atoms with Crippen LogP contribution >= 0.6 is 0 Å². The van der Waals surface area contributed by atoms with Crippen LogP contribution in [0.2, 0.25) is 0 Å². The molecule has 0 bridgehead atoms. The van der Waals surface area contributed by atoms with Gasteiger partial charge in [-0.1, -0.05) is 6.07 Å². The number of nitrogens with one attached hydrogen (secondary N) is 1. The van der Waals surface area contributed by atoms with E-state index in [-0.39, 0.29) is 0 Å². The molecule has 3 aliphatic heterocycles. The van der Waals surface area contributed by atoms with Crippen LogP contribution < -0.4 is 15.1 Å². The lowest BCUT2D eigenvalue weighted by atomic mass is 10.0. The van der Waals surface area contributed by atoms with Crippen LogP contribution in [0, 0.1) is 11.3 Å². The van der Waals surface area contributed by atoms with Crippen LogP contribution in [0.3, 0.4) is 0 Å². The van der Waals surface area contributed by atoms with E-state index < -0.39 is 0 Å². The first-order valence-corrected chi connectivity index (χ1v) is 11.0. The van der Waals surface area contributed by atoms with Gasteiger partial charge in [0.1, 0.15) is 11.9 Å². The summed E-state index contributed by atoms with van der Waals surface area (Å²) in [5.41, 5.74) is 5.18. The normalized spacial score (nSPS) is 21.1. The average Bonchev–Trinajstić information content (AvgIpc) is 3.21. The SMILES string of the molecule is N#Cc1ccc(N2CCN3Cc4nc(N5CCNCC5)ccc4[C@@H]3C2)c2cccnc12. The van der Waals surface area contributed by atoms with Crippen LogP contribution in [0.4, 0.5) is 11.5 Å². The molecule has 0 spiro atoms. The molecule has 7 nitrogen and oxygen atoms in total. The molecule has 156 valence electrons. The third kappa shape index (κ3) is 3.11. The predicted molar refractivity (Wildman–Crippen MR) is 121 cm³/mol. The molecule has 5 heterocycles. The van der Waals surface area contributed by atoms with Crippen LogP contribution in [0.1, 0.15) is 22.9 Å². The van der Waals surface area contributed by atoms with Crippen molar-refractivity contribution >= 4 is 22.4 Å². The molecule has 1 N–H and O–H groups in total. The Morgan fingerprint density at radius 2 is 1.90 bits per heavy atom. The molecule has 0 radical (unpaired) electrons. The molecule has 7 heteroatoms. The molecule has 0 amide bonds. The molecule has 31 heavy (non-hydrogen) atoms. The van der Waals surface area contributed by atoms with Gasteiger partial charge in [0, 0.05) is 69.6 Å². The number of aromatic nitrogens is 2. The summed E-state index contributed by atoms with van der Waals surface area (Å²) in [5.74, 6) is 1.11. The second-order valence-electron chi connectivity index (χ2n) is 8.52. The van der Waals surface area contributed by atoms with Crippen molar-refractivity contribution in [1.82, 2.24) is 20.2 Å². The fourth-order valence-corrected chi connectivity index (χ4v) is 5.24. The number of pyridine rings is 2. The lowest BCUT2D eigenvalue weighted by Gasteiger charge is -2.39. The first kappa shape index (κ1) is 18.6. The number of rotatable bonds is 2. The lowest BCUT2D eigenvalue weighted by Crippen LogP contribution is -2.45. The van der Waals surface area contributed by atoms with Crippen LogP contribution in [-0.2, 0) is 6.54 Å². The number of piperazine rings is 2. The van der Waals surface area contributed by atoms with Crippen molar-refractivity contribution in [2.24, 2.45) is 0 Å². The number of nitrogens with zero attached hydrogens (tertiary/aromatic N) is 6. The summed E-state index contributed by atoms with van der Waals surface area (Å²) < 4.78 is 0. The molecule has 1 atom stereocenters. The molecule has 0 unspecified atom stereocenters. The zero-order valence-electron chi connectivity index (χ0n) is 17.5. The highest BCUT2D eigenvalue weighted by atomic mass is 15.3. The van der Waals surface area contributed by atoms with Gasteiger partial charge in [-0.3, -0.25) is 9.88 Å². The minimum Gasteiger partial charge on any atom is -0.368 e. The van der Waals surface area contributed by atoms with Gasteiger partial charge in [0.05, 0.1) is 22.8 Å². The van der Waals surface area contributed by atoms with Crippen molar-refractivity contribution in [1.29, 1.82) is 5.26 Å². The zero-order valence-corrected chi connectivity index (χ0v) is 17.5. The lowest BCUT2D eigenvalue weighted by molar-refractivity contribution is 0.194. The maximum Gasteiger partial charge on any atom is 0.128 e. The van der Waals surface area contributed by atoms with E-state index in [1.54, 1.807) is 6.20 Å². The molecule has 1 aromatic carbocycles. The fourth-order valence-electron chi connectivity index (χ4n) is 5.24. The Hall–Kier alpha value is -3.21. The van der Waals surface area contributed by atoms with Gasteiger partial charge in [-0.25, -0.2) is 4.98 Å². The van der Waals surface area contributed by atoms with Gasteiger partial charge in [0.15, 0.2) is 0 Å². The van der Waals surface area contributed by atoms with Gasteiger partial charge < -0.3 is 15.1 Å². The summed E-state index contributed by atoms with van der Waals surface area (Å²) in [4.78, 5) is 16.9. The van der Waals surface area contributed by atoms with E-state index in [1.165, 1.54) is 16.9 Å². The van der Waals surface area contributed by atoms with E-state index in [4.69, 9.17) is 4.98 Å². The van der Waals surface area contributed by atoms with Gasteiger partial charge >= 0.3 is 0 Å². The predicted octanol–water partition coefficient (Wildman–Crippen LogP) is 2.29. The molecule has 3 aromatic rings. The summed E-state index contributed by atoms with van der Waals surface area (Å²) in [7, 11) is 0. The van der Waals surface area contributed by atoms with Crippen molar-refractivity contribution in [3.8, 4) is 6.07 Å². The van der Waals surface area contributed by atoms with Crippen molar-refractivity contribution in [3.63, 3.8) is 0 Å². The minimum absolute atomic E-state index is 0.357. The second kappa shape index (κ2) is 7.49. The fraction of sp³-hybridized carbons (Fsp3) is 0.375. The zero-order chi connectivity index (χ0) is 20.8. The summed E-state index contributed by atoms with van der Waals surface area (Å²) in [6, 6.07) is 15.2. The van der Waals surface area contributed by atoms with E-state index in [2.05, 4.69) is 55.3 Å². The Kier molecular flexibility index (Phi) is 4.48.